The van der Waals surface area contributed by atoms with Crippen molar-refractivity contribution in [3.8, 4) is 6.07 Å². The molecule has 0 radical (unpaired) electrons. The average molecular weight is 257 g/mol. The predicted molar refractivity (Wildman–Crippen MR) is 70.6 cm³/mol. The van der Waals surface area contributed by atoms with Crippen LogP contribution in [0.5, 0.6) is 0 Å². The fourth-order valence-corrected chi connectivity index (χ4v) is 4.73. The quantitative estimate of drug-likeness (QED) is 0.337. The zero-order chi connectivity index (χ0) is 13.3. The minimum absolute atomic E-state index is 0.0480. The van der Waals surface area contributed by atoms with Crippen molar-refractivity contribution in [3.05, 3.63) is 24.5 Å². The zero-order valence-electron chi connectivity index (χ0n) is 11.0. The number of hydrogen-bond acceptors (Lipinski definition) is 3. The third-order valence-corrected chi connectivity index (χ3v) is 5.01. The zero-order valence-corrected chi connectivity index (χ0v) is 11.0. The summed E-state index contributed by atoms with van der Waals surface area (Å²) < 4.78 is 5.29. The second-order valence-electron chi connectivity index (χ2n) is 6.42. The summed E-state index contributed by atoms with van der Waals surface area (Å²) in [6, 6.07) is 1.89. The van der Waals surface area contributed by atoms with E-state index in [0.717, 1.165) is 37.0 Å². The first-order chi connectivity index (χ1) is 9.22. The predicted octanol–water partition coefficient (Wildman–Crippen LogP) is 3.34. The number of allylic oxidation sites excluding steroid dienone is 3. The lowest BCUT2D eigenvalue weighted by atomic mass is 9.49. The number of hydrogen-bond donors (Lipinski definition) is 0. The van der Waals surface area contributed by atoms with Crippen LogP contribution in [0.2, 0.25) is 0 Å². The molecule has 0 aromatic rings. The van der Waals surface area contributed by atoms with Crippen LogP contribution in [-0.4, -0.2) is 5.97 Å². The van der Waals surface area contributed by atoms with Crippen LogP contribution in [0.3, 0.4) is 0 Å². The van der Waals surface area contributed by atoms with Gasteiger partial charge >= 0.3 is 5.97 Å². The lowest BCUT2D eigenvalue weighted by molar-refractivity contribution is -0.165. The normalized spacial score (nSPS) is 39.8. The van der Waals surface area contributed by atoms with Gasteiger partial charge in [-0.25, -0.2) is 0 Å². The maximum atomic E-state index is 12.4. The van der Waals surface area contributed by atoms with Crippen molar-refractivity contribution < 1.29 is 9.53 Å². The highest BCUT2D eigenvalue weighted by Gasteiger charge is 2.55. The van der Waals surface area contributed by atoms with E-state index < -0.39 is 0 Å². The summed E-state index contributed by atoms with van der Waals surface area (Å²) >= 11 is 0. The highest BCUT2D eigenvalue weighted by molar-refractivity contribution is 5.78. The molecule has 0 spiro atoms. The van der Waals surface area contributed by atoms with Crippen molar-refractivity contribution in [2.75, 3.05) is 0 Å². The second-order valence-corrected chi connectivity index (χ2v) is 6.42. The Morgan fingerprint density at radius 2 is 1.68 bits per heavy atom. The standard InChI is InChI=1S/C16H19NO2/c17-4-2-1-3-5-19-15(18)16-9-12-6-13(10-16)8-14(7-12)11-16/h1-3,5,12-14H,6-11H2/b2-1+,5-3+. The lowest BCUT2D eigenvalue weighted by Crippen LogP contribution is -2.50. The van der Waals surface area contributed by atoms with Crippen molar-refractivity contribution >= 4 is 5.97 Å². The molecule has 0 atom stereocenters. The van der Waals surface area contributed by atoms with Gasteiger partial charge in [-0.15, -0.1) is 0 Å². The van der Waals surface area contributed by atoms with Gasteiger partial charge in [0.25, 0.3) is 0 Å². The fraction of sp³-hybridized carbons (Fsp3) is 0.625. The van der Waals surface area contributed by atoms with Gasteiger partial charge in [0.2, 0.25) is 0 Å². The minimum Gasteiger partial charge on any atom is -0.434 e. The molecule has 100 valence electrons. The van der Waals surface area contributed by atoms with Crippen molar-refractivity contribution in [3.63, 3.8) is 0 Å². The first kappa shape index (κ1) is 12.5. The largest absolute Gasteiger partial charge is 0.434 e. The smallest absolute Gasteiger partial charge is 0.316 e. The summed E-state index contributed by atoms with van der Waals surface area (Å²) in [6.07, 6.45) is 13.0. The van der Waals surface area contributed by atoms with Crippen LogP contribution < -0.4 is 0 Å². The lowest BCUT2D eigenvalue weighted by Gasteiger charge is -2.54. The number of rotatable bonds is 3. The number of carbonyl (C=O) groups excluding carboxylic acids is 1. The molecule has 3 nitrogen and oxygen atoms in total. The molecule has 4 saturated carbocycles. The molecular formula is C16H19NO2. The summed E-state index contributed by atoms with van der Waals surface area (Å²) in [5.74, 6) is 2.21. The van der Waals surface area contributed by atoms with E-state index in [1.54, 1.807) is 12.2 Å². The number of ether oxygens (including phenoxy) is 1. The molecule has 4 aliphatic carbocycles. The Bertz CT molecular complexity index is 434. The highest BCUT2D eigenvalue weighted by Crippen LogP contribution is 2.60. The van der Waals surface area contributed by atoms with E-state index in [2.05, 4.69) is 0 Å². The van der Waals surface area contributed by atoms with E-state index in [9.17, 15) is 4.79 Å². The molecular weight excluding hydrogens is 238 g/mol. The Kier molecular flexibility index (Phi) is 3.18. The first-order valence-corrected chi connectivity index (χ1v) is 7.14. The Hall–Kier alpha value is -1.56. The van der Waals surface area contributed by atoms with Crippen molar-refractivity contribution in [1.29, 1.82) is 5.26 Å². The van der Waals surface area contributed by atoms with E-state index in [1.165, 1.54) is 31.6 Å². The molecule has 0 unspecified atom stereocenters. The van der Waals surface area contributed by atoms with Gasteiger partial charge in [-0.1, -0.05) is 0 Å². The second kappa shape index (κ2) is 4.85. The number of carbonyl (C=O) groups is 1. The first-order valence-electron chi connectivity index (χ1n) is 7.14. The molecule has 3 heteroatoms. The van der Waals surface area contributed by atoms with Gasteiger partial charge < -0.3 is 4.74 Å². The Labute approximate surface area is 113 Å². The van der Waals surface area contributed by atoms with Crippen LogP contribution in [0.4, 0.5) is 0 Å². The molecule has 4 bridgehead atoms. The molecule has 0 N–H and O–H groups in total. The van der Waals surface area contributed by atoms with Gasteiger partial charge in [0.05, 0.1) is 17.7 Å². The molecule has 0 aromatic heterocycles. The van der Waals surface area contributed by atoms with Crippen LogP contribution in [0, 0.1) is 34.5 Å². The molecule has 4 aliphatic rings. The van der Waals surface area contributed by atoms with Crippen LogP contribution in [-0.2, 0) is 9.53 Å². The van der Waals surface area contributed by atoms with Crippen LogP contribution in [0.1, 0.15) is 38.5 Å². The molecule has 4 fully saturated rings. The van der Waals surface area contributed by atoms with Gasteiger partial charge in [0, 0.05) is 6.08 Å². The minimum atomic E-state index is -0.196. The molecule has 19 heavy (non-hydrogen) atoms. The Balaban J connectivity index is 1.65. The summed E-state index contributed by atoms with van der Waals surface area (Å²) in [7, 11) is 0. The molecule has 0 amide bonds. The number of esters is 1. The van der Waals surface area contributed by atoms with Crippen molar-refractivity contribution in [1.82, 2.24) is 0 Å². The molecule has 0 saturated heterocycles. The third kappa shape index (κ3) is 2.32. The number of nitriles is 1. The van der Waals surface area contributed by atoms with Crippen LogP contribution in [0.25, 0.3) is 0 Å². The van der Waals surface area contributed by atoms with E-state index in [-0.39, 0.29) is 11.4 Å². The third-order valence-electron chi connectivity index (χ3n) is 5.01. The number of nitrogens with zero attached hydrogens (tertiary/aromatic N) is 1. The van der Waals surface area contributed by atoms with E-state index in [4.69, 9.17) is 10.00 Å². The van der Waals surface area contributed by atoms with E-state index >= 15 is 0 Å². The Morgan fingerprint density at radius 3 is 2.21 bits per heavy atom. The highest BCUT2D eigenvalue weighted by atomic mass is 16.5. The monoisotopic (exact) mass is 257 g/mol. The summed E-state index contributed by atoms with van der Waals surface area (Å²) in [4.78, 5) is 12.4. The van der Waals surface area contributed by atoms with Crippen LogP contribution >= 0.6 is 0 Å². The SMILES string of the molecule is N#C/C=C/C=C/OC(=O)C12CC3CC(CC(C3)C1)C2. The van der Waals surface area contributed by atoms with Crippen LogP contribution in [0.15, 0.2) is 24.5 Å². The summed E-state index contributed by atoms with van der Waals surface area (Å²) in [5.41, 5.74) is -0.196. The maximum absolute atomic E-state index is 12.4. The molecule has 0 aromatic carbocycles. The molecule has 0 aliphatic heterocycles. The fourth-order valence-electron chi connectivity index (χ4n) is 4.73. The van der Waals surface area contributed by atoms with Gasteiger partial charge in [-0.2, -0.15) is 5.26 Å². The van der Waals surface area contributed by atoms with Gasteiger partial charge in [-0.3, -0.25) is 4.79 Å². The Morgan fingerprint density at radius 1 is 1.11 bits per heavy atom. The summed E-state index contributed by atoms with van der Waals surface area (Å²) in [6.45, 7) is 0. The maximum Gasteiger partial charge on any atom is 0.316 e. The average Bonchev–Trinajstić information content (AvgIpc) is 2.36. The topological polar surface area (TPSA) is 50.1 Å². The molecule has 0 heterocycles. The van der Waals surface area contributed by atoms with Gasteiger partial charge in [0.1, 0.15) is 0 Å². The summed E-state index contributed by atoms with van der Waals surface area (Å²) in [5, 5.41) is 8.35. The van der Waals surface area contributed by atoms with Gasteiger partial charge in [-0.05, 0) is 68.4 Å². The van der Waals surface area contributed by atoms with Crippen molar-refractivity contribution in [2.45, 2.75) is 38.5 Å². The van der Waals surface area contributed by atoms with E-state index in [1.807, 2.05) is 6.07 Å². The van der Waals surface area contributed by atoms with Gasteiger partial charge in [0.15, 0.2) is 0 Å². The van der Waals surface area contributed by atoms with Crippen molar-refractivity contribution in [2.24, 2.45) is 23.2 Å². The van der Waals surface area contributed by atoms with E-state index in [0.29, 0.717) is 0 Å². The molecule has 4 rings (SSSR count).